The molecule has 5 heteroatoms. The highest BCUT2D eigenvalue weighted by atomic mass is 16.4. The van der Waals surface area contributed by atoms with Crippen LogP contribution < -0.4 is 4.90 Å². The van der Waals surface area contributed by atoms with Crippen molar-refractivity contribution in [2.45, 2.75) is 19.3 Å². The van der Waals surface area contributed by atoms with Crippen LogP contribution in [0.3, 0.4) is 0 Å². The molecule has 0 atom stereocenters. The second-order valence-corrected chi connectivity index (χ2v) is 5.36. The van der Waals surface area contributed by atoms with E-state index in [1.807, 2.05) is 37.6 Å². The van der Waals surface area contributed by atoms with E-state index in [-0.39, 0.29) is 0 Å². The number of oxime groups is 1. The third kappa shape index (κ3) is 2.77. The van der Waals surface area contributed by atoms with Crippen molar-refractivity contribution in [3.05, 3.63) is 48.0 Å². The lowest BCUT2D eigenvalue weighted by molar-refractivity contribution is 0.318. The van der Waals surface area contributed by atoms with Crippen LogP contribution in [0, 0.1) is 0 Å². The van der Waals surface area contributed by atoms with Crippen molar-refractivity contribution in [1.82, 2.24) is 9.55 Å². The van der Waals surface area contributed by atoms with Gasteiger partial charge in [0, 0.05) is 50.2 Å². The van der Waals surface area contributed by atoms with Crippen molar-refractivity contribution >= 4 is 11.4 Å². The standard InChI is InChI=1S/C16H20N4O/c1-19-12-9-17-16(19)8-11-20-10-4-6-14(18-21)13-5-2-3-7-15(13)20/h2-3,5,7,9,12,21H,4,6,8,10-11H2,1H3/b18-14-. The molecule has 1 N–H and O–H groups in total. The third-order valence-corrected chi connectivity index (χ3v) is 4.04. The number of aryl methyl sites for hydroxylation is 1. The van der Waals surface area contributed by atoms with Crippen LogP contribution in [0.15, 0.2) is 41.8 Å². The summed E-state index contributed by atoms with van der Waals surface area (Å²) in [7, 11) is 2.02. The molecule has 0 spiro atoms. The minimum absolute atomic E-state index is 0.782. The number of rotatable bonds is 3. The summed E-state index contributed by atoms with van der Waals surface area (Å²) in [6.45, 7) is 1.89. The number of imidazole rings is 1. The van der Waals surface area contributed by atoms with E-state index in [2.05, 4.69) is 25.7 Å². The summed E-state index contributed by atoms with van der Waals surface area (Å²) in [6, 6.07) is 8.16. The topological polar surface area (TPSA) is 53.7 Å². The Hall–Kier alpha value is -2.30. The molecule has 0 fully saturated rings. The Labute approximate surface area is 124 Å². The van der Waals surface area contributed by atoms with E-state index < -0.39 is 0 Å². The Morgan fingerprint density at radius 1 is 1.33 bits per heavy atom. The molecule has 0 radical (unpaired) electrons. The molecule has 3 rings (SSSR count). The molecule has 1 aliphatic rings. The van der Waals surface area contributed by atoms with E-state index in [1.165, 1.54) is 0 Å². The van der Waals surface area contributed by atoms with Gasteiger partial charge in [-0.3, -0.25) is 0 Å². The largest absolute Gasteiger partial charge is 0.411 e. The maximum absolute atomic E-state index is 9.22. The first-order chi connectivity index (χ1) is 10.3. The van der Waals surface area contributed by atoms with Gasteiger partial charge in [-0.05, 0) is 18.9 Å². The number of para-hydroxylation sites is 1. The molecule has 0 bridgehead atoms. The molecule has 0 unspecified atom stereocenters. The van der Waals surface area contributed by atoms with Gasteiger partial charge in [0.1, 0.15) is 5.82 Å². The average molecular weight is 284 g/mol. The van der Waals surface area contributed by atoms with E-state index in [4.69, 9.17) is 0 Å². The van der Waals surface area contributed by atoms with Crippen LogP contribution in [0.25, 0.3) is 0 Å². The first kappa shape index (κ1) is 13.7. The summed E-state index contributed by atoms with van der Waals surface area (Å²) in [5.41, 5.74) is 2.97. The lowest BCUT2D eigenvalue weighted by atomic mass is 10.1. The lowest BCUT2D eigenvalue weighted by Crippen LogP contribution is -2.27. The highest BCUT2D eigenvalue weighted by Gasteiger charge is 2.19. The molecule has 1 aromatic carbocycles. The van der Waals surface area contributed by atoms with Gasteiger partial charge in [-0.25, -0.2) is 4.98 Å². The Balaban J connectivity index is 1.83. The second kappa shape index (κ2) is 5.99. The fraction of sp³-hybridized carbons (Fsp3) is 0.375. The second-order valence-electron chi connectivity index (χ2n) is 5.36. The number of hydrogen-bond donors (Lipinski definition) is 1. The minimum Gasteiger partial charge on any atom is -0.411 e. The molecular weight excluding hydrogens is 264 g/mol. The van der Waals surface area contributed by atoms with Crippen molar-refractivity contribution in [2.75, 3.05) is 18.0 Å². The van der Waals surface area contributed by atoms with Gasteiger partial charge in [-0.15, -0.1) is 0 Å². The first-order valence-electron chi connectivity index (χ1n) is 7.31. The zero-order chi connectivity index (χ0) is 14.7. The van der Waals surface area contributed by atoms with Gasteiger partial charge in [0.15, 0.2) is 0 Å². The van der Waals surface area contributed by atoms with Gasteiger partial charge in [0.05, 0.1) is 5.71 Å². The Kier molecular flexibility index (Phi) is 3.90. The van der Waals surface area contributed by atoms with Gasteiger partial charge in [0.2, 0.25) is 0 Å². The number of benzene rings is 1. The van der Waals surface area contributed by atoms with Gasteiger partial charge in [-0.1, -0.05) is 23.4 Å². The SMILES string of the molecule is Cn1ccnc1CCN1CCC/C(=N/O)c2ccccc21. The van der Waals surface area contributed by atoms with Gasteiger partial charge < -0.3 is 14.7 Å². The van der Waals surface area contributed by atoms with Crippen molar-refractivity contribution in [3.8, 4) is 0 Å². The first-order valence-corrected chi connectivity index (χ1v) is 7.31. The van der Waals surface area contributed by atoms with E-state index in [9.17, 15) is 5.21 Å². The van der Waals surface area contributed by atoms with Gasteiger partial charge in [-0.2, -0.15) is 0 Å². The van der Waals surface area contributed by atoms with Crippen LogP contribution in [0.2, 0.25) is 0 Å². The van der Waals surface area contributed by atoms with Gasteiger partial charge in [0.25, 0.3) is 0 Å². The molecule has 0 saturated heterocycles. The van der Waals surface area contributed by atoms with Crippen LogP contribution in [-0.2, 0) is 13.5 Å². The zero-order valence-corrected chi connectivity index (χ0v) is 12.2. The maximum atomic E-state index is 9.22. The molecule has 2 heterocycles. The molecule has 1 aromatic heterocycles. The Bertz CT molecular complexity index is 647. The number of fused-ring (bicyclic) bond motifs is 1. The Morgan fingerprint density at radius 3 is 2.95 bits per heavy atom. The molecule has 5 nitrogen and oxygen atoms in total. The third-order valence-electron chi connectivity index (χ3n) is 4.04. The van der Waals surface area contributed by atoms with Gasteiger partial charge >= 0.3 is 0 Å². The molecule has 1 aliphatic heterocycles. The molecule has 0 aliphatic carbocycles. The van der Waals surface area contributed by atoms with Crippen molar-refractivity contribution in [3.63, 3.8) is 0 Å². The molecule has 21 heavy (non-hydrogen) atoms. The monoisotopic (exact) mass is 284 g/mol. The lowest BCUT2D eigenvalue weighted by Gasteiger charge is -2.24. The number of anilines is 1. The summed E-state index contributed by atoms with van der Waals surface area (Å²) < 4.78 is 2.06. The van der Waals surface area contributed by atoms with Crippen LogP contribution in [-0.4, -0.2) is 33.6 Å². The van der Waals surface area contributed by atoms with E-state index >= 15 is 0 Å². The zero-order valence-electron chi connectivity index (χ0n) is 12.2. The number of aromatic nitrogens is 2. The predicted octanol–water partition coefficient (Wildman–Crippen LogP) is 2.44. The van der Waals surface area contributed by atoms with E-state index in [0.717, 1.165) is 55.1 Å². The van der Waals surface area contributed by atoms with Crippen LogP contribution >= 0.6 is 0 Å². The van der Waals surface area contributed by atoms with E-state index in [1.54, 1.807) is 0 Å². The van der Waals surface area contributed by atoms with E-state index in [0.29, 0.717) is 0 Å². The number of hydrogen-bond acceptors (Lipinski definition) is 4. The molecule has 0 saturated carbocycles. The van der Waals surface area contributed by atoms with Crippen LogP contribution in [0.5, 0.6) is 0 Å². The fourth-order valence-electron chi connectivity index (χ4n) is 2.89. The van der Waals surface area contributed by atoms with Crippen LogP contribution in [0.4, 0.5) is 5.69 Å². The fourth-order valence-corrected chi connectivity index (χ4v) is 2.89. The molecule has 2 aromatic rings. The quantitative estimate of drug-likeness (QED) is 0.696. The number of nitrogens with zero attached hydrogens (tertiary/aromatic N) is 4. The van der Waals surface area contributed by atoms with Crippen molar-refractivity contribution < 1.29 is 5.21 Å². The summed E-state index contributed by atoms with van der Waals surface area (Å²) in [5, 5.41) is 12.7. The summed E-state index contributed by atoms with van der Waals surface area (Å²) in [4.78, 5) is 6.75. The average Bonchev–Trinajstić information content (AvgIpc) is 2.83. The predicted molar refractivity (Wildman–Crippen MR) is 83.1 cm³/mol. The minimum atomic E-state index is 0.782. The molecular formula is C16H20N4O. The normalized spacial score (nSPS) is 16.8. The van der Waals surface area contributed by atoms with Crippen molar-refractivity contribution in [2.24, 2.45) is 12.2 Å². The smallest absolute Gasteiger partial charge is 0.110 e. The molecule has 0 amide bonds. The van der Waals surface area contributed by atoms with Crippen LogP contribution in [0.1, 0.15) is 24.2 Å². The summed E-state index contributed by atoms with van der Waals surface area (Å²) in [5.74, 6) is 1.09. The maximum Gasteiger partial charge on any atom is 0.110 e. The summed E-state index contributed by atoms with van der Waals surface area (Å²) in [6.07, 6.45) is 6.52. The Morgan fingerprint density at radius 2 is 2.19 bits per heavy atom. The highest BCUT2D eigenvalue weighted by molar-refractivity contribution is 6.05. The summed E-state index contributed by atoms with van der Waals surface area (Å²) >= 11 is 0. The molecule has 110 valence electrons. The van der Waals surface area contributed by atoms with Crippen molar-refractivity contribution in [1.29, 1.82) is 0 Å². The highest BCUT2D eigenvalue weighted by Crippen LogP contribution is 2.26.